The summed E-state index contributed by atoms with van der Waals surface area (Å²) in [5, 5.41) is 57.3. The lowest BCUT2D eigenvalue weighted by Crippen LogP contribution is -2.61. The molecule has 1 aliphatic rings. The average molecular weight is 1240 g/mol. The fourth-order valence-corrected chi connectivity index (χ4v) is 12.0. The van der Waals surface area contributed by atoms with Crippen LogP contribution in [0, 0.1) is 0 Å². The van der Waals surface area contributed by atoms with Gasteiger partial charge in [-0.1, -0.05) is 345 Å². The largest absolute Gasteiger partial charge is 0.454 e. The summed E-state index contributed by atoms with van der Waals surface area (Å²) in [4.78, 5) is 26.7. The number of nitrogens with one attached hydrogen (secondary N) is 1. The number of carbonyl (C=O) groups is 2. The van der Waals surface area contributed by atoms with Crippen molar-refractivity contribution in [1.82, 2.24) is 5.32 Å². The van der Waals surface area contributed by atoms with Crippen LogP contribution < -0.4 is 5.32 Å². The van der Waals surface area contributed by atoms with Gasteiger partial charge in [-0.15, -0.1) is 0 Å². The molecule has 1 heterocycles. The molecule has 0 aromatic carbocycles. The second-order valence-corrected chi connectivity index (χ2v) is 26.4. The average Bonchev–Trinajstić information content (AvgIpc) is 2.54. The van der Waals surface area contributed by atoms with Crippen LogP contribution in [0.2, 0.25) is 0 Å². The monoisotopic (exact) mass is 1240 g/mol. The predicted octanol–water partition coefficient (Wildman–Crippen LogP) is 19.9. The van der Waals surface area contributed by atoms with Crippen molar-refractivity contribution in [3.63, 3.8) is 0 Å². The summed E-state index contributed by atoms with van der Waals surface area (Å²) in [6.07, 6.45) is 71.6. The van der Waals surface area contributed by atoms with Crippen LogP contribution in [-0.4, -0.2) is 99.6 Å². The highest BCUT2D eigenvalue weighted by Crippen LogP contribution is 2.27. The van der Waals surface area contributed by atoms with Crippen molar-refractivity contribution in [3.05, 3.63) is 48.6 Å². The Labute approximate surface area is 542 Å². The third kappa shape index (κ3) is 51.2. The summed E-state index contributed by atoms with van der Waals surface area (Å²) in [6, 6.07) is -1.03. The van der Waals surface area contributed by atoms with Gasteiger partial charge in [-0.25, -0.2) is 0 Å². The highest BCUT2D eigenvalue weighted by atomic mass is 16.7. The van der Waals surface area contributed by atoms with E-state index < -0.39 is 67.4 Å². The maximum atomic E-state index is 13.5. The highest BCUT2D eigenvalue weighted by molar-refractivity contribution is 5.80. The van der Waals surface area contributed by atoms with Crippen LogP contribution in [-0.2, 0) is 23.8 Å². The number of unbranched alkanes of at least 4 members (excludes halogenated alkanes) is 46. The molecular formula is C77H143NO10. The Bertz CT molecular complexity index is 1620. The van der Waals surface area contributed by atoms with Gasteiger partial charge >= 0.3 is 5.97 Å². The van der Waals surface area contributed by atoms with E-state index in [9.17, 15) is 35.1 Å². The minimum absolute atomic E-state index is 0.128. The summed E-state index contributed by atoms with van der Waals surface area (Å²) >= 11 is 0. The summed E-state index contributed by atoms with van der Waals surface area (Å²) in [6.45, 7) is 5.82. The van der Waals surface area contributed by atoms with Gasteiger partial charge in [0.2, 0.25) is 5.91 Å². The smallest absolute Gasteiger partial charge is 0.306 e. The van der Waals surface area contributed by atoms with Crippen LogP contribution in [0.5, 0.6) is 0 Å². The Kier molecular flexibility index (Phi) is 61.5. The Morgan fingerprint density at radius 3 is 1.19 bits per heavy atom. The first-order valence-corrected chi connectivity index (χ1v) is 37.9. The Morgan fingerprint density at radius 1 is 0.443 bits per heavy atom. The molecule has 8 atom stereocenters. The molecule has 1 amide bonds. The fraction of sp³-hybridized carbons (Fsp3) is 0.870. The molecule has 0 bridgehead atoms. The van der Waals surface area contributed by atoms with E-state index in [0.717, 1.165) is 77.0 Å². The Balaban J connectivity index is 2.52. The van der Waals surface area contributed by atoms with Gasteiger partial charge in [-0.05, 0) is 64.2 Å². The van der Waals surface area contributed by atoms with Crippen LogP contribution >= 0.6 is 0 Å². The van der Waals surface area contributed by atoms with Crippen molar-refractivity contribution in [3.8, 4) is 0 Å². The molecule has 11 nitrogen and oxygen atoms in total. The van der Waals surface area contributed by atoms with Crippen LogP contribution in [0.1, 0.15) is 367 Å². The number of esters is 1. The first-order valence-electron chi connectivity index (χ1n) is 37.9. The van der Waals surface area contributed by atoms with Gasteiger partial charge < -0.3 is 45.1 Å². The van der Waals surface area contributed by atoms with Crippen molar-refractivity contribution >= 4 is 11.9 Å². The second-order valence-electron chi connectivity index (χ2n) is 26.4. The van der Waals surface area contributed by atoms with Gasteiger partial charge in [-0.3, -0.25) is 9.59 Å². The molecule has 1 aliphatic heterocycles. The second kappa shape index (κ2) is 64.7. The minimum atomic E-state index is -1.61. The van der Waals surface area contributed by atoms with E-state index in [0.29, 0.717) is 12.8 Å². The molecule has 88 heavy (non-hydrogen) atoms. The molecule has 0 radical (unpaired) electrons. The van der Waals surface area contributed by atoms with E-state index in [1.165, 1.54) is 244 Å². The fourth-order valence-electron chi connectivity index (χ4n) is 12.0. The SMILES string of the molecule is CCCCC/C=C\C/C=C\C/C=C\CCCCCCCCCCCC(O)C(=O)NC(COC1OC(CO)C(O)C(O)C1OC(=O)CCCCCCCCCCCCCCCCCCCCCCCCCCC)C(O)/C=C/CCCCCCCCCCCC. The standard InChI is InChI=1S/C77H143NO10/c1-4-7-10-13-16-19-22-25-27-29-31-33-35-36-37-39-41-43-45-47-50-53-56-59-62-65-72(82)88-75-74(84)73(83)71(66-79)87-77(75)86-67-68(69(80)63-60-57-54-51-48-24-21-18-15-12-9-6-3)78-76(85)70(81)64-61-58-55-52-49-46-44-42-40-38-34-32-30-28-26-23-20-17-14-11-8-5-2/h17,20,26,28,32,34,60,63,68-71,73-75,77,79-81,83-84H,4-16,18-19,21-25,27,29-31,33,35-59,61-62,64-67H2,1-3H3,(H,78,85)/b20-17-,28-26-,34-32-,63-60+. The number of ether oxygens (including phenoxy) is 3. The topological polar surface area (TPSA) is 175 Å². The lowest BCUT2D eigenvalue weighted by Gasteiger charge is -2.41. The molecule has 1 saturated heterocycles. The molecular weight excluding hydrogens is 1100 g/mol. The summed E-state index contributed by atoms with van der Waals surface area (Å²) in [5.41, 5.74) is 0. The first kappa shape index (κ1) is 83.6. The van der Waals surface area contributed by atoms with E-state index in [1.54, 1.807) is 6.08 Å². The molecule has 0 aromatic heterocycles. The quantitative estimate of drug-likeness (QED) is 0.0195. The predicted molar refractivity (Wildman–Crippen MR) is 370 cm³/mol. The lowest BCUT2D eigenvalue weighted by atomic mass is 9.99. The Morgan fingerprint density at radius 2 is 0.784 bits per heavy atom. The van der Waals surface area contributed by atoms with Crippen molar-refractivity contribution in [2.75, 3.05) is 13.2 Å². The molecule has 516 valence electrons. The van der Waals surface area contributed by atoms with E-state index in [2.05, 4.69) is 62.5 Å². The normalized spacial score (nSPS) is 18.4. The maximum absolute atomic E-state index is 13.5. The third-order valence-electron chi connectivity index (χ3n) is 18.0. The number of hydrogen-bond donors (Lipinski definition) is 6. The van der Waals surface area contributed by atoms with Crippen LogP contribution in [0.4, 0.5) is 0 Å². The summed E-state index contributed by atoms with van der Waals surface area (Å²) < 4.78 is 17.7. The van der Waals surface area contributed by atoms with Crippen LogP contribution in [0.3, 0.4) is 0 Å². The zero-order valence-electron chi connectivity index (χ0n) is 57.6. The molecule has 0 spiro atoms. The van der Waals surface area contributed by atoms with Crippen molar-refractivity contribution < 1.29 is 49.3 Å². The molecule has 11 heteroatoms. The molecule has 0 saturated carbocycles. The van der Waals surface area contributed by atoms with E-state index in [4.69, 9.17) is 14.2 Å². The number of aliphatic hydroxyl groups is 5. The molecule has 8 unspecified atom stereocenters. The zero-order valence-corrected chi connectivity index (χ0v) is 57.6. The van der Waals surface area contributed by atoms with E-state index >= 15 is 0 Å². The highest BCUT2D eigenvalue weighted by Gasteiger charge is 2.47. The summed E-state index contributed by atoms with van der Waals surface area (Å²) in [5.74, 6) is -1.18. The molecule has 1 rings (SSSR count). The van der Waals surface area contributed by atoms with Crippen molar-refractivity contribution in [2.24, 2.45) is 0 Å². The van der Waals surface area contributed by atoms with Gasteiger partial charge in [0.05, 0.1) is 25.4 Å². The maximum Gasteiger partial charge on any atom is 0.306 e. The van der Waals surface area contributed by atoms with E-state index in [-0.39, 0.29) is 19.4 Å². The van der Waals surface area contributed by atoms with Gasteiger partial charge in [-0.2, -0.15) is 0 Å². The molecule has 0 aliphatic carbocycles. The van der Waals surface area contributed by atoms with Gasteiger partial charge in [0, 0.05) is 6.42 Å². The lowest BCUT2D eigenvalue weighted by molar-refractivity contribution is -0.305. The van der Waals surface area contributed by atoms with Crippen LogP contribution in [0.25, 0.3) is 0 Å². The summed E-state index contributed by atoms with van der Waals surface area (Å²) in [7, 11) is 0. The minimum Gasteiger partial charge on any atom is -0.454 e. The van der Waals surface area contributed by atoms with Crippen molar-refractivity contribution in [1.29, 1.82) is 0 Å². The van der Waals surface area contributed by atoms with Gasteiger partial charge in [0.15, 0.2) is 12.4 Å². The molecule has 1 fully saturated rings. The third-order valence-corrected chi connectivity index (χ3v) is 18.0. The molecule has 6 N–H and O–H groups in total. The molecule has 0 aromatic rings. The number of rotatable bonds is 66. The number of carbonyl (C=O) groups excluding carboxylic acids is 2. The van der Waals surface area contributed by atoms with Crippen molar-refractivity contribution in [2.45, 2.75) is 416 Å². The number of aliphatic hydroxyl groups excluding tert-OH is 5. The zero-order chi connectivity index (χ0) is 63.9. The number of hydrogen-bond acceptors (Lipinski definition) is 10. The van der Waals surface area contributed by atoms with Crippen LogP contribution in [0.15, 0.2) is 48.6 Å². The van der Waals surface area contributed by atoms with Gasteiger partial charge in [0.1, 0.15) is 24.4 Å². The number of allylic oxidation sites excluding steroid dienone is 7. The Hall–Kier alpha value is -2.38. The van der Waals surface area contributed by atoms with Gasteiger partial charge in [0.25, 0.3) is 0 Å². The first-order chi connectivity index (χ1) is 43.2. The number of amides is 1. The van der Waals surface area contributed by atoms with E-state index in [1.807, 2.05) is 6.08 Å².